The van der Waals surface area contributed by atoms with Gasteiger partial charge in [0.2, 0.25) is 0 Å². The highest BCUT2D eigenvalue weighted by molar-refractivity contribution is 14.1. The number of aliphatic hydroxyl groups is 1. The van der Waals surface area contributed by atoms with Gasteiger partial charge in [0.25, 0.3) is 0 Å². The summed E-state index contributed by atoms with van der Waals surface area (Å²) in [6.45, 7) is 0.812. The molecule has 0 amide bonds. The molecule has 0 unspecified atom stereocenters. The standard InChI is InChI=1S/C15H13IN2O/c16-13-5-3-11(4-6-13)8-18-9-12(10-19)14-2-1-7-17-15(14)18/h1-7,9,19H,8,10H2. The zero-order valence-corrected chi connectivity index (χ0v) is 12.4. The average molecular weight is 364 g/mol. The third kappa shape index (κ3) is 2.50. The van der Waals surface area contributed by atoms with E-state index in [-0.39, 0.29) is 6.61 Å². The normalized spacial score (nSPS) is 11.1. The van der Waals surface area contributed by atoms with E-state index in [2.05, 4.69) is 56.4 Å². The molecule has 0 aliphatic heterocycles. The number of hydrogen-bond donors (Lipinski definition) is 1. The zero-order chi connectivity index (χ0) is 13.2. The van der Waals surface area contributed by atoms with Crippen molar-refractivity contribution in [2.75, 3.05) is 0 Å². The van der Waals surface area contributed by atoms with Crippen LogP contribution < -0.4 is 0 Å². The summed E-state index contributed by atoms with van der Waals surface area (Å²) in [5.74, 6) is 0. The summed E-state index contributed by atoms with van der Waals surface area (Å²) >= 11 is 2.30. The van der Waals surface area contributed by atoms with Crippen LogP contribution >= 0.6 is 22.6 Å². The number of halogens is 1. The van der Waals surface area contributed by atoms with E-state index >= 15 is 0 Å². The third-order valence-corrected chi connectivity index (χ3v) is 3.87. The third-order valence-electron chi connectivity index (χ3n) is 3.15. The van der Waals surface area contributed by atoms with Crippen LogP contribution in [0.1, 0.15) is 11.1 Å². The molecule has 1 N–H and O–H groups in total. The molecule has 0 spiro atoms. The van der Waals surface area contributed by atoms with E-state index in [1.165, 1.54) is 9.13 Å². The molecule has 0 aliphatic rings. The van der Waals surface area contributed by atoms with Crippen molar-refractivity contribution < 1.29 is 5.11 Å². The largest absolute Gasteiger partial charge is 0.392 e. The summed E-state index contributed by atoms with van der Waals surface area (Å²) in [5, 5.41) is 10.4. The Bertz CT molecular complexity index is 704. The van der Waals surface area contributed by atoms with Crippen molar-refractivity contribution in [2.45, 2.75) is 13.2 Å². The maximum absolute atomic E-state index is 9.41. The molecule has 1 aromatic carbocycles. The first kappa shape index (κ1) is 12.6. The van der Waals surface area contributed by atoms with Crippen LogP contribution in [0.15, 0.2) is 48.8 Å². The van der Waals surface area contributed by atoms with E-state index < -0.39 is 0 Å². The topological polar surface area (TPSA) is 38.0 Å². The lowest BCUT2D eigenvalue weighted by molar-refractivity contribution is 0.283. The van der Waals surface area contributed by atoms with Crippen LogP contribution in [0.5, 0.6) is 0 Å². The van der Waals surface area contributed by atoms with Crippen molar-refractivity contribution >= 4 is 33.6 Å². The molecule has 3 nitrogen and oxygen atoms in total. The molecular formula is C15H13IN2O. The molecule has 4 heteroatoms. The molecule has 0 aliphatic carbocycles. The summed E-state index contributed by atoms with van der Waals surface area (Å²) < 4.78 is 3.32. The second-order valence-electron chi connectivity index (χ2n) is 4.44. The zero-order valence-electron chi connectivity index (χ0n) is 10.3. The minimum atomic E-state index is 0.0435. The van der Waals surface area contributed by atoms with Gasteiger partial charge in [-0.15, -0.1) is 0 Å². The maximum Gasteiger partial charge on any atom is 0.140 e. The summed E-state index contributed by atoms with van der Waals surface area (Å²) in [5.41, 5.74) is 3.08. The molecule has 0 saturated carbocycles. The van der Waals surface area contributed by atoms with Crippen molar-refractivity contribution in [2.24, 2.45) is 0 Å². The van der Waals surface area contributed by atoms with Crippen LogP contribution in [0.25, 0.3) is 11.0 Å². The van der Waals surface area contributed by atoms with Gasteiger partial charge in [0, 0.05) is 33.5 Å². The number of rotatable bonds is 3. The average Bonchev–Trinajstić information content (AvgIpc) is 2.80. The lowest BCUT2D eigenvalue weighted by Gasteiger charge is -2.04. The molecule has 2 heterocycles. The maximum atomic E-state index is 9.41. The molecule has 0 radical (unpaired) electrons. The summed E-state index contributed by atoms with van der Waals surface area (Å²) in [6, 6.07) is 12.3. The van der Waals surface area contributed by atoms with Crippen molar-refractivity contribution in [3.8, 4) is 0 Å². The number of benzene rings is 1. The smallest absolute Gasteiger partial charge is 0.140 e. The Morgan fingerprint density at radius 3 is 2.68 bits per heavy atom. The van der Waals surface area contributed by atoms with Crippen LogP contribution in [-0.4, -0.2) is 14.7 Å². The first-order valence-corrected chi connectivity index (χ1v) is 7.14. The fraction of sp³-hybridized carbons (Fsp3) is 0.133. The fourth-order valence-corrected chi connectivity index (χ4v) is 2.59. The molecule has 19 heavy (non-hydrogen) atoms. The number of nitrogens with zero attached hydrogens (tertiary/aromatic N) is 2. The molecule has 0 bridgehead atoms. The second kappa shape index (κ2) is 5.30. The van der Waals surface area contributed by atoms with Crippen LogP contribution in [0.2, 0.25) is 0 Å². The van der Waals surface area contributed by atoms with Crippen molar-refractivity contribution in [1.82, 2.24) is 9.55 Å². The van der Waals surface area contributed by atoms with E-state index in [4.69, 9.17) is 0 Å². The molecule has 3 aromatic rings. The van der Waals surface area contributed by atoms with Gasteiger partial charge >= 0.3 is 0 Å². The van der Waals surface area contributed by atoms with E-state index in [1.807, 2.05) is 18.3 Å². The van der Waals surface area contributed by atoms with Gasteiger partial charge in [-0.05, 0) is 52.4 Å². The van der Waals surface area contributed by atoms with Gasteiger partial charge in [-0.3, -0.25) is 0 Å². The Balaban J connectivity index is 2.03. The highest BCUT2D eigenvalue weighted by Gasteiger charge is 2.08. The molecule has 0 fully saturated rings. The minimum Gasteiger partial charge on any atom is -0.392 e. The Hall–Kier alpha value is -1.40. The number of aliphatic hydroxyl groups excluding tert-OH is 1. The predicted octanol–water partition coefficient (Wildman–Crippen LogP) is 3.18. The van der Waals surface area contributed by atoms with Crippen LogP contribution in [0, 0.1) is 3.57 Å². The molecule has 2 aromatic heterocycles. The number of fused-ring (bicyclic) bond motifs is 1. The first-order chi connectivity index (χ1) is 9.28. The Kier molecular flexibility index (Phi) is 3.52. The SMILES string of the molecule is OCc1cn(Cc2ccc(I)cc2)c2ncccc12. The first-order valence-electron chi connectivity index (χ1n) is 6.06. The van der Waals surface area contributed by atoms with E-state index in [0.29, 0.717) is 0 Å². The lowest BCUT2D eigenvalue weighted by atomic mass is 10.2. The molecule has 96 valence electrons. The molecular weight excluding hydrogens is 351 g/mol. The highest BCUT2D eigenvalue weighted by Crippen LogP contribution is 2.20. The summed E-state index contributed by atoms with van der Waals surface area (Å²) in [6.07, 6.45) is 3.77. The van der Waals surface area contributed by atoms with Gasteiger partial charge in [0.15, 0.2) is 0 Å². The monoisotopic (exact) mass is 364 g/mol. The molecule has 0 atom stereocenters. The van der Waals surface area contributed by atoms with Crippen molar-refractivity contribution in [3.63, 3.8) is 0 Å². The van der Waals surface area contributed by atoms with Gasteiger partial charge in [-0.1, -0.05) is 12.1 Å². The van der Waals surface area contributed by atoms with Crippen LogP contribution in [-0.2, 0) is 13.2 Å². The lowest BCUT2D eigenvalue weighted by Crippen LogP contribution is -1.98. The molecule has 3 rings (SSSR count). The van der Waals surface area contributed by atoms with Crippen LogP contribution in [0.3, 0.4) is 0 Å². The van der Waals surface area contributed by atoms with E-state index in [9.17, 15) is 5.11 Å². The Morgan fingerprint density at radius 1 is 1.16 bits per heavy atom. The molecule has 0 saturated heterocycles. The summed E-state index contributed by atoms with van der Waals surface area (Å²) in [4.78, 5) is 4.41. The van der Waals surface area contributed by atoms with Gasteiger partial charge in [-0.25, -0.2) is 4.98 Å². The van der Waals surface area contributed by atoms with Gasteiger partial charge < -0.3 is 9.67 Å². The number of hydrogen-bond acceptors (Lipinski definition) is 2. The number of aromatic nitrogens is 2. The highest BCUT2D eigenvalue weighted by atomic mass is 127. The Labute approximate surface area is 125 Å². The minimum absolute atomic E-state index is 0.0435. The van der Waals surface area contributed by atoms with Gasteiger partial charge in [0.1, 0.15) is 5.65 Å². The fourth-order valence-electron chi connectivity index (χ4n) is 2.23. The number of pyridine rings is 1. The van der Waals surface area contributed by atoms with E-state index in [0.717, 1.165) is 23.1 Å². The quantitative estimate of drug-likeness (QED) is 0.725. The van der Waals surface area contributed by atoms with Crippen molar-refractivity contribution in [3.05, 3.63) is 63.5 Å². The predicted molar refractivity (Wildman–Crippen MR) is 83.9 cm³/mol. The van der Waals surface area contributed by atoms with E-state index in [1.54, 1.807) is 6.20 Å². The van der Waals surface area contributed by atoms with Gasteiger partial charge in [-0.2, -0.15) is 0 Å². The Morgan fingerprint density at radius 2 is 1.95 bits per heavy atom. The van der Waals surface area contributed by atoms with Crippen LogP contribution in [0.4, 0.5) is 0 Å². The summed E-state index contributed by atoms with van der Waals surface area (Å²) in [7, 11) is 0. The van der Waals surface area contributed by atoms with Crippen molar-refractivity contribution in [1.29, 1.82) is 0 Å². The van der Waals surface area contributed by atoms with Gasteiger partial charge in [0.05, 0.1) is 6.61 Å². The second-order valence-corrected chi connectivity index (χ2v) is 5.69.